The normalized spacial score (nSPS) is 26.9. The first-order chi connectivity index (χ1) is 7.40. The van der Waals surface area contributed by atoms with Crippen LogP contribution in [0.2, 0.25) is 0 Å². The molecule has 0 amide bonds. The van der Waals surface area contributed by atoms with Gasteiger partial charge in [-0.05, 0) is 37.0 Å². The maximum absolute atomic E-state index is 11.7. The minimum atomic E-state index is -0.123. The minimum Gasteiger partial charge on any atom is -0.291 e. The van der Waals surface area contributed by atoms with E-state index in [-0.39, 0.29) is 17.5 Å². The second-order valence-corrected chi connectivity index (χ2v) is 6.05. The van der Waals surface area contributed by atoms with Crippen LogP contribution in [0.4, 0.5) is 0 Å². The fraction of sp³-hybridized carbons (Fsp3) is 0.857. The van der Waals surface area contributed by atoms with Crippen LogP contribution >= 0.6 is 0 Å². The molecule has 1 saturated carbocycles. The smallest absolute Gasteiger partial charge is 0.201 e. The molecule has 2 atom stereocenters. The number of hydrogen-bond donors (Lipinski definition) is 0. The van der Waals surface area contributed by atoms with Crippen LogP contribution in [0.1, 0.15) is 53.4 Å². The average molecular weight is 224 g/mol. The van der Waals surface area contributed by atoms with Gasteiger partial charge in [-0.2, -0.15) is 0 Å². The number of ketones is 2. The van der Waals surface area contributed by atoms with Crippen LogP contribution in [0, 0.1) is 23.7 Å². The fourth-order valence-corrected chi connectivity index (χ4v) is 2.80. The lowest BCUT2D eigenvalue weighted by molar-refractivity contribution is -0.142. The molecule has 1 aliphatic carbocycles. The van der Waals surface area contributed by atoms with Crippen molar-refractivity contribution in [3.05, 3.63) is 0 Å². The van der Waals surface area contributed by atoms with Gasteiger partial charge in [-0.3, -0.25) is 9.59 Å². The van der Waals surface area contributed by atoms with Crippen LogP contribution in [0.25, 0.3) is 0 Å². The molecule has 2 nitrogen and oxygen atoms in total. The Balaban J connectivity index is 2.61. The Labute approximate surface area is 98.8 Å². The van der Waals surface area contributed by atoms with Crippen molar-refractivity contribution in [1.29, 1.82) is 0 Å². The van der Waals surface area contributed by atoms with Gasteiger partial charge >= 0.3 is 0 Å². The molecule has 0 N–H and O–H groups in total. The van der Waals surface area contributed by atoms with Crippen molar-refractivity contribution >= 4 is 11.6 Å². The summed E-state index contributed by atoms with van der Waals surface area (Å²) < 4.78 is 0. The first-order valence-electron chi connectivity index (χ1n) is 6.47. The Morgan fingerprint density at radius 1 is 1.06 bits per heavy atom. The molecule has 1 aliphatic rings. The van der Waals surface area contributed by atoms with Gasteiger partial charge in [0.1, 0.15) is 0 Å². The van der Waals surface area contributed by atoms with E-state index in [0.717, 1.165) is 19.3 Å². The Morgan fingerprint density at radius 3 is 2.12 bits per heavy atom. The lowest BCUT2D eigenvalue weighted by Gasteiger charge is -2.29. The molecular formula is C14H24O2. The van der Waals surface area contributed by atoms with Gasteiger partial charge < -0.3 is 0 Å². The van der Waals surface area contributed by atoms with E-state index in [0.29, 0.717) is 24.2 Å². The Hall–Kier alpha value is -0.660. The third-order valence-electron chi connectivity index (χ3n) is 3.30. The first kappa shape index (κ1) is 13.4. The minimum absolute atomic E-state index is 0.00463. The zero-order valence-electron chi connectivity index (χ0n) is 11.0. The highest BCUT2D eigenvalue weighted by atomic mass is 16.2. The monoisotopic (exact) mass is 224 g/mol. The molecule has 16 heavy (non-hydrogen) atoms. The SMILES string of the molecule is CC(C)C[C@H]1CC(=O)C(=O)[C@H](CC(C)C)C1. The van der Waals surface area contributed by atoms with Crippen LogP contribution in [-0.4, -0.2) is 11.6 Å². The second kappa shape index (κ2) is 5.60. The van der Waals surface area contributed by atoms with Gasteiger partial charge in [0.25, 0.3) is 0 Å². The quantitative estimate of drug-likeness (QED) is 0.687. The number of Topliss-reactive ketones (excluding diaryl/α,β-unsaturated/α-hetero) is 2. The summed E-state index contributed by atoms with van der Waals surface area (Å²) in [5, 5.41) is 0. The summed E-state index contributed by atoms with van der Waals surface area (Å²) in [6.45, 7) is 8.59. The van der Waals surface area contributed by atoms with E-state index in [1.807, 2.05) is 0 Å². The van der Waals surface area contributed by atoms with Crippen molar-refractivity contribution in [3.63, 3.8) is 0 Å². The molecule has 0 aromatic heterocycles. The molecule has 0 aromatic rings. The molecule has 0 aromatic carbocycles. The summed E-state index contributed by atoms with van der Waals surface area (Å²) in [7, 11) is 0. The summed E-state index contributed by atoms with van der Waals surface area (Å²) >= 11 is 0. The molecule has 0 bridgehead atoms. The van der Waals surface area contributed by atoms with E-state index in [1.165, 1.54) is 0 Å². The number of carbonyl (C=O) groups excluding carboxylic acids is 2. The van der Waals surface area contributed by atoms with Crippen molar-refractivity contribution in [1.82, 2.24) is 0 Å². The first-order valence-corrected chi connectivity index (χ1v) is 6.47. The van der Waals surface area contributed by atoms with Crippen molar-refractivity contribution in [2.24, 2.45) is 23.7 Å². The predicted octanol–water partition coefficient (Wildman–Crippen LogP) is 3.24. The van der Waals surface area contributed by atoms with Crippen molar-refractivity contribution < 1.29 is 9.59 Å². The third kappa shape index (κ3) is 3.73. The molecular weight excluding hydrogens is 200 g/mol. The molecule has 0 unspecified atom stereocenters. The third-order valence-corrected chi connectivity index (χ3v) is 3.30. The topological polar surface area (TPSA) is 34.1 Å². The van der Waals surface area contributed by atoms with E-state index < -0.39 is 0 Å². The molecule has 0 aliphatic heterocycles. The Kier molecular flexibility index (Phi) is 4.69. The van der Waals surface area contributed by atoms with Gasteiger partial charge in [0.05, 0.1) is 0 Å². The van der Waals surface area contributed by atoms with Crippen molar-refractivity contribution in [3.8, 4) is 0 Å². The maximum atomic E-state index is 11.7. The van der Waals surface area contributed by atoms with Gasteiger partial charge in [0.15, 0.2) is 5.78 Å². The van der Waals surface area contributed by atoms with Crippen LogP contribution in [-0.2, 0) is 9.59 Å². The molecule has 0 heterocycles. The average Bonchev–Trinajstić information content (AvgIpc) is 2.11. The zero-order valence-corrected chi connectivity index (χ0v) is 11.0. The summed E-state index contributed by atoms with van der Waals surface area (Å²) in [5.41, 5.74) is 0. The highest BCUT2D eigenvalue weighted by Gasteiger charge is 2.35. The standard InChI is InChI=1S/C14H24O2/c1-9(2)5-11-7-12(6-10(3)4)14(16)13(15)8-11/h9-12H,5-8H2,1-4H3/t11-,12-/m1/s1. The van der Waals surface area contributed by atoms with Gasteiger partial charge in [0, 0.05) is 12.3 Å². The molecule has 0 saturated heterocycles. The summed E-state index contributed by atoms with van der Waals surface area (Å²) in [4.78, 5) is 23.4. The van der Waals surface area contributed by atoms with Gasteiger partial charge in [0.2, 0.25) is 5.78 Å². The Bertz CT molecular complexity index is 266. The lowest BCUT2D eigenvalue weighted by Crippen LogP contribution is -2.34. The number of hydrogen-bond acceptors (Lipinski definition) is 2. The molecule has 92 valence electrons. The summed E-state index contributed by atoms with van der Waals surface area (Å²) in [6.07, 6.45) is 3.37. The predicted molar refractivity (Wildman–Crippen MR) is 65.1 cm³/mol. The van der Waals surface area contributed by atoms with Gasteiger partial charge in [-0.1, -0.05) is 27.7 Å². The van der Waals surface area contributed by atoms with Crippen molar-refractivity contribution in [2.75, 3.05) is 0 Å². The maximum Gasteiger partial charge on any atom is 0.201 e. The molecule has 2 heteroatoms. The fourth-order valence-electron chi connectivity index (χ4n) is 2.80. The van der Waals surface area contributed by atoms with Gasteiger partial charge in [-0.15, -0.1) is 0 Å². The van der Waals surface area contributed by atoms with E-state index in [9.17, 15) is 9.59 Å². The zero-order chi connectivity index (χ0) is 12.3. The largest absolute Gasteiger partial charge is 0.291 e. The highest BCUT2D eigenvalue weighted by Crippen LogP contribution is 2.32. The number of carbonyl (C=O) groups is 2. The van der Waals surface area contributed by atoms with E-state index >= 15 is 0 Å². The second-order valence-electron chi connectivity index (χ2n) is 6.05. The van der Waals surface area contributed by atoms with E-state index in [1.54, 1.807) is 0 Å². The van der Waals surface area contributed by atoms with Gasteiger partial charge in [-0.25, -0.2) is 0 Å². The number of rotatable bonds is 4. The highest BCUT2D eigenvalue weighted by molar-refractivity contribution is 6.38. The van der Waals surface area contributed by atoms with Crippen LogP contribution in [0.3, 0.4) is 0 Å². The molecule has 0 radical (unpaired) electrons. The van der Waals surface area contributed by atoms with Crippen LogP contribution < -0.4 is 0 Å². The summed E-state index contributed by atoms with van der Waals surface area (Å²) in [5.74, 6) is 1.33. The lowest BCUT2D eigenvalue weighted by atomic mass is 9.74. The van der Waals surface area contributed by atoms with E-state index in [2.05, 4.69) is 27.7 Å². The Morgan fingerprint density at radius 2 is 1.62 bits per heavy atom. The molecule has 1 rings (SSSR count). The van der Waals surface area contributed by atoms with Crippen molar-refractivity contribution in [2.45, 2.75) is 53.4 Å². The summed E-state index contributed by atoms with van der Waals surface area (Å²) in [6, 6.07) is 0. The van der Waals surface area contributed by atoms with E-state index in [4.69, 9.17) is 0 Å². The molecule has 1 fully saturated rings. The van der Waals surface area contributed by atoms with Crippen LogP contribution in [0.5, 0.6) is 0 Å². The molecule has 0 spiro atoms. The van der Waals surface area contributed by atoms with Crippen LogP contribution in [0.15, 0.2) is 0 Å².